The number of ether oxygens (including phenoxy) is 2. The molecule has 28 heavy (non-hydrogen) atoms. The Balaban J connectivity index is 1.50. The molecule has 0 aliphatic carbocycles. The van der Waals surface area contributed by atoms with E-state index < -0.39 is 0 Å². The topological polar surface area (TPSA) is 54.0 Å². The predicted molar refractivity (Wildman–Crippen MR) is 104 cm³/mol. The van der Waals surface area contributed by atoms with E-state index in [2.05, 4.69) is 15.1 Å². The van der Waals surface area contributed by atoms with Crippen LogP contribution in [0.3, 0.4) is 0 Å². The van der Waals surface area contributed by atoms with E-state index in [-0.39, 0.29) is 24.6 Å². The van der Waals surface area contributed by atoms with Crippen LogP contribution in [0.5, 0.6) is 11.5 Å². The quantitative estimate of drug-likeness (QED) is 0.857. The van der Waals surface area contributed by atoms with Crippen molar-refractivity contribution in [1.29, 1.82) is 0 Å². The highest BCUT2D eigenvalue weighted by molar-refractivity contribution is 5.72. The lowest BCUT2D eigenvalue weighted by molar-refractivity contribution is -0.119. The van der Waals surface area contributed by atoms with Crippen molar-refractivity contribution in [3.63, 3.8) is 0 Å². The van der Waals surface area contributed by atoms with Crippen molar-refractivity contribution >= 4 is 11.6 Å². The van der Waals surface area contributed by atoms with E-state index >= 15 is 0 Å². The Morgan fingerprint density at radius 2 is 1.86 bits per heavy atom. The molecule has 7 heteroatoms. The summed E-state index contributed by atoms with van der Waals surface area (Å²) in [5, 5.41) is 2.93. The summed E-state index contributed by atoms with van der Waals surface area (Å²) in [4.78, 5) is 15.9. The third-order valence-electron chi connectivity index (χ3n) is 5.27. The highest BCUT2D eigenvalue weighted by Crippen LogP contribution is 2.35. The van der Waals surface area contributed by atoms with E-state index in [1.165, 1.54) is 13.0 Å². The maximum absolute atomic E-state index is 14.1. The van der Waals surface area contributed by atoms with Gasteiger partial charge in [0.1, 0.15) is 5.82 Å². The molecule has 2 aliphatic heterocycles. The maximum atomic E-state index is 14.1. The third kappa shape index (κ3) is 3.89. The molecule has 1 amide bonds. The number of carbonyl (C=O) groups is 1. The Kier molecular flexibility index (Phi) is 5.34. The Hall–Kier alpha value is -2.80. The van der Waals surface area contributed by atoms with Gasteiger partial charge in [0.05, 0.1) is 11.7 Å². The molecule has 6 nitrogen and oxygen atoms in total. The Morgan fingerprint density at radius 3 is 2.61 bits per heavy atom. The summed E-state index contributed by atoms with van der Waals surface area (Å²) in [5.41, 5.74) is 1.71. The Bertz CT molecular complexity index is 853. The number of halogens is 1. The molecule has 0 radical (unpaired) electrons. The van der Waals surface area contributed by atoms with Crippen molar-refractivity contribution in [3.8, 4) is 11.5 Å². The molecule has 1 atom stereocenters. The van der Waals surface area contributed by atoms with E-state index in [4.69, 9.17) is 9.47 Å². The number of nitrogens with zero attached hydrogens (tertiary/aromatic N) is 2. The highest BCUT2D eigenvalue weighted by atomic mass is 19.1. The van der Waals surface area contributed by atoms with E-state index in [9.17, 15) is 9.18 Å². The van der Waals surface area contributed by atoms with Crippen molar-refractivity contribution in [2.45, 2.75) is 13.0 Å². The number of nitrogens with one attached hydrogen (secondary N) is 1. The summed E-state index contributed by atoms with van der Waals surface area (Å²) in [6.07, 6.45) is 0. The van der Waals surface area contributed by atoms with Crippen LogP contribution in [0.1, 0.15) is 18.5 Å². The molecule has 2 aromatic carbocycles. The first-order valence-electron chi connectivity index (χ1n) is 9.49. The molecule has 2 aliphatic rings. The lowest BCUT2D eigenvalue weighted by atomic mass is 10.0. The van der Waals surface area contributed by atoms with E-state index in [0.717, 1.165) is 43.2 Å². The van der Waals surface area contributed by atoms with Gasteiger partial charge >= 0.3 is 0 Å². The molecule has 0 saturated carbocycles. The SMILES string of the molecule is CC(=O)NC[C@H](c1ccc2c(c1)OCO2)N1CCN(c2ccccc2F)CC1. The second-order valence-electron chi connectivity index (χ2n) is 7.04. The number of hydrogen-bond acceptors (Lipinski definition) is 5. The van der Waals surface area contributed by atoms with Crippen LogP contribution in [0.25, 0.3) is 0 Å². The first kappa shape index (κ1) is 18.6. The molecule has 1 saturated heterocycles. The van der Waals surface area contributed by atoms with E-state index in [1.807, 2.05) is 30.3 Å². The molecule has 4 rings (SSSR count). The number of benzene rings is 2. The first-order chi connectivity index (χ1) is 13.6. The average Bonchev–Trinajstić information content (AvgIpc) is 3.17. The fourth-order valence-electron chi connectivity index (χ4n) is 3.80. The molecule has 2 heterocycles. The number of anilines is 1. The Labute approximate surface area is 163 Å². The highest BCUT2D eigenvalue weighted by Gasteiger charge is 2.27. The predicted octanol–water partition coefficient (Wildman–Crippen LogP) is 2.55. The smallest absolute Gasteiger partial charge is 0.231 e. The van der Waals surface area contributed by atoms with Gasteiger partial charge in [-0.25, -0.2) is 4.39 Å². The number of rotatable bonds is 5. The summed E-state index contributed by atoms with van der Waals surface area (Å²) in [6, 6.07) is 12.8. The molecule has 0 unspecified atom stereocenters. The molecule has 0 bridgehead atoms. The number of fused-ring (bicyclic) bond motifs is 1. The number of amides is 1. The summed E-state index contributed by atoms with van der Waals surface area (Å²) in [6.45, 7) is 5.25. The van der Waals surface area contributed by atoms with Gasteiger partial charge in [-0.3, -0.25) is 9.69 Å². The fraction of sp³-hybridized carbons (Fsp3) is 0.381. The second-order valence-corrected chi connectivity index (χ2v) is 7.04. The van der Waals surface area contributed by atoms with Crippen LogP contribution in [0.2, 0.25) is 0 Å². The van der Waals surface area contributed by atoms with Gasteiger partial charge in [0.2, 0.25) is 12.7 Å². The summed E-state index contributed by atoms with van der Waals surface area (Å²) < 4.78 is 25.0. The number of carbonyl (C=O) groups excluding carboxylic acids is 1. The molecule has 0 spiro atoms. The van der Waals surface area contributed by atoms with Crippen molar-refractivity contribution < 1.29 is 18.7 Å². The molecule has 1 fully saturated rings. The van der Waals surface area contributed by atoms with Gasteiger partial charge in [-0.15, -0.1) is 0 Å². The van der Waals surface area contributed by atoms with Crippen molar-refractivity contribution in [2.75, 3.05) is 44.4 Å². The van der Waals surface area contributed by atoms with Gasteiger partial charge in [0, 0.05) is 39.6 Å². The van der Waals surface area contributed by atoms with E-state index in [1.54, 1.807) is 6.07 Å². The van der Waals surface area contributed by atoms with Crippen LogP contribution in [0, 0.1) is 5.82 Å². The number of para-hydroxylation sites is 1. The van der Waals surface area contributed by atoms with Crippen LogP contribution in [-0.2, 0) is 4.79 Å². The molecular formula is C21H24FN3O3. The zero-order chi connectivity index (χ0) is 19.5. The zero-order valence-corrected chi connectivity index (χ0v) is 15.9. The summed E-state index contributed by atoms with van der Waals surface area (Å²) in [7, 11) is 0. The minimum atomic E-state index is -0.193. The molecule has 2 aromatic rings. The lowest BCUT2D eigenvalue weighted by Crippen LogP contribution is -2.50. The summed E-state index contributed by atoms with van der Waals surface area (Å²) >= 11 is 0. The Morgan fingerprint density at radius 1 is 1.11 bits per heavy atom. The van der Waals surface area contributed by atoms with Gasteiger partial charge in [-0.1, -0.05) is 18.2 Å². The van der Waals surface area contributed by atoms with Crippen molar-refractivity contribution in [3.05, 3.63) is 53.8 Å². The molecular weight excluding hydrogens is 361 g/mol. The van der Waals surface area contributed by atoms with Crippen LogP contribution >= 0.6 is 0 Å². The standard InChI is InChI=1S/C21H24FN3O3/c1-15(26)23-13-19(16-6-7-20-21(12-16)28-14-27-20)25-10-8-24(9-11-25)18-5-3-2-4-17(18)22/h2-7,12,19H,8-11,13-14H2,1H3,(H,23,26)/t19-/m1/s1. The number of hydrogen-bond donors (Lipinski definition) is 1. The third-order valence-corrected chi connectivity index (χ3v) is 5.27. The normalized spacial score (nSPS) is 17.4. The van der Waals surface area contributed by atoms with Gasteiger partial charge in [-0.05, 0) is 29.8 Å². The van der Waals surface area contributed by atoms with Crippen LogP contribution in [0.15, 0.2) is 42.5 Å². The minimum absolute atomic E-state index is 0.0150. The van der Waals surface area contributed by atoms with Gasteiger partial charge in [0.15, 0.2) is 11.5 Å². The average molecular weight is 385 g/mol. The van der Waals surface area contributed by atoms with Crippen LogP contribution < -0.4 is 19.7 Å². The lowest BCUT2D eigenvalue weighted by Gasteiger charge is -2.40. The molecule has 0 aromatic heterocycles. The van der Waals surface area contributed by atoms with Crippen molar-refractivity contribution in [2.24, 2.45) is 0 Å². The van der Waals surface area contributed by atoms with Crippen LogP contribution in [-0.4, -0.2) is 50.3 Å². The monoisotopic (exact) mass is 385 g/mol. The van der Waals surface area contributed by atoms with Gasteiger partial charge < -0.3 is 19.7 Å². The number of piperazine rings is 1. The fourth-order valence-corrected chi connectivity index (χ4v) is 3.80. The van der Waals surface area contributed by atoms with Gasteiger partial charge in [0.25, 0.3) is 0 Å². The molecule has 1 N–H and O–H groups in total. The summed E-state index contributed by atoms with van der Waals surface area (Å²) in [5.74, 6) is 1.22. The maximum Gasteiger partial charge on any atom is 0.231 e. The van der Waals surface area contributed by atoms with Crippen molar-refractivity contribution in [1.82, 2.24) is 10.2 Å². The minimum Gasteiger partial charge on any atom is -0.454 e. The zero-order valence-electron chi connectivity index (χ0n) is 15.9. The second kappa shape index (κ2) is 8.06. The largest absolute Gasteiger partial charge is 0.454 e. The van der Waals surface area contributed by atoms with E-state index in [0.29, 0.717) is 12.2 Å². The molecule has 148 valence electrons. The van der Waals surface area contributed by atoms with Gasteiger partial charge in [-0.2, -0.15) is 0 Å². The first-order valence-corrected chi connectivity index (χ1v) is 9.49. The van der Waals surface area contributed by atoms with Crippen LogP contribution in [0.4, 0.5) is 10.1 Å².